The number of hydrogen-bond acceptors (Lipinski definition) is 2. The summed E-state index contributed by atoms with van der Waals surface area (Å²) in [6.45, 7) is 0.219. The zero-order valence-electron chi connectivity index (χ0n) is 10.3. The van der Waals surface area contributed by atoms with E-state index in [4.69, 9.17) is 17.3 Å². The van der Waals surface area contributed by atoms with Gasteiger partial charge in [0.15, 0.2) is 0 Å². The van der Waals surface area contributed by atoms with Gasteiger partial charge in [-0.25, -0.2) is 4.39 Å². The third-order valence-corrected chi connectivity index (χ3v) is 3.34. The van der Waals surface area contributed by atoms with E-state index >= 15 is 0 Å². The lowest BCUT2D eigenvalue weighted by Crippen LogP contribution is -2.20. The maximum atomic E-state index is 13.3. The molecule has 0 radical (unpaired) electrons. The van der Waals surface area contributed by atoms with Crippen molar-refractivity contribution in [2.24, 2.45) is 5.73 Å². The largest absolute Gasteiger partial charge is 0.388 e. The quantitative estimate of drug-likeness (QED) is 0.902. The lowest BCUT2D eigenvalue weighted by atomic mass is 9.89. The molecule has 19 heavy (non-hydrogen) atoms. The van der Waals surface area contributed by atoms with E-state index in [0.29, 0.717) is 16.1 Å². The predicted molar refractivity (Wildman–Crippen MR) is 74.6 cm³/mol. The third kappa shape index (κ3) is 3.32. The molecule has 0 saturated heterocycles. The molecule has 2 rings (SSSR count). The van der Waals surface area contributed by atoms with E-state index in [9.17, 15) is 9.50 Å². The van der Waals surface area contributed by atoms with E-state index in [-0.39, 0.29) is 18.3 Å². The number of halogens is 2. The molecule has 2 unspecified atom stereocenters. The van der Waals surface area contributed by atoms with Crippen LogP contribution in [0.2, 0.25) is 5.02 Å². The fraction of sp³-hybridized carbons (Fsp3) is 0.200. The minimum absolute atomic E-state index is 0.219. The molecule has 0 aromatic heterocycles. The zero-order chi connectivity index (χ0) is 13.8. The summed E-state index contributed by atoms with van der Waals surface area (Å²) in [5.74, 6) is -0.705. The highest BCUT2D eigenvalue weighted by Gasteiger charge is 2.22. The maximum Gasteiger partial charge on any atom is 0.123 e. The van der Waals surface area contributed by atoms with Crippen LogP contribution in [0.15, 0.2) is 48.5 Å². The highest BCUT2D eigenvalue weighted by Crippen LogP contribution is 2.31. The normalized spacial score (nSPS) is 14.1. The van der Waals surface area contributed by atoms with Crippen LogP contribution in [0.5, 0.6) is 0 Å². The van der Waals surface area contributed by atoms with E-state index < -0.39 is 6.10 Å². The minimum Gasteiger partial charge on any atom is -0.388 e. The number of benzene rings is 2. The van der Waals surface area contributed by atoms with Crippen molar-refractivity contribution in [3.8, 4) is 0 Å². The number of hydrogen-bond donors (Lipinski definition) is 2. The van der Waals surface area contributed by atoms with Gasteiger partial charge in [0.2, 0.25) is 0 Å². The van der Waals surface area contributed by atoms with Gasteiger partial charge in [0.25, 0.3) is 0 Å². The molecule has 0 aliphatic carbocycles. The summed E-state index contributed by atoms with van der Waals surface area (Å²) in [5.41, 5.74) is 7.06. The second-order valence-electron chi connectivity index (χ2n) is 4.40. The standard InChI is InChI=1S/C15H15ClFNO/c16-12-5-1-4-11(7-12)15(19)14(9-18)10-3-2-6-13(17)8-10/h1-8,14-15,19H,9,18H2. The van der Waals surface area contributed by atoms with Gasteiger partial charge in [-0.05, 0) is 35.4 Å². The summed E-state index contributed by atoms with van der Waals surface area (Å²) in [5, 5.41) is 10.9. The van der Waals surface area contributed by atoms with Gasteiger partial charge in [-0.2, -0.15) is 0 Å². The molecule has 0 aliphatic heterocycles. The minimum atomic E-state index is -0.814. The van der Waals surface area contributed by atoms with Crippen LogP contribution < -0.4 is 5.73 Å². The summed E-state index contributed by atoms with van der Waals surface area (Å²) >= 11 is 5.91. The summed E-state index contributed by atoms with van der Waals surface area (Å²) < 4.78 is 13.3. The molecule has 2 nitrogen and oxygen atoms in total. The molecule has 4 heteroatoms. The van der Waals surface area contributed by atoms with Gasteiger partial charge < -0.3 is 10.8 Å². The highest BCUT2D eigenvalue weighted by atomic mass is 35.5. The first-order chi connectivity index (χ1) is 9.11. The second-order valence-corrected chi connectivity index (χ2v) is 4.83. The molecule has 2 aromatic rings. The first-order valence-electron chi connectivity index (χ1n) is 6.01. The topological polar surface area (TPSA) is 46.2 Å². The Morgan fingerprint density at radius 2 is 1.79 bits per heavy atom. The van der Waals surface area contributed by atoms with Crippen LogP contribution in [0.3, 0.4) is 0 Å². The van der Waals surface area contributed by atoms with Gasteiger partial charge in [0.05, 0.1) is 6.10 Å². The van der Waals surface area contributed by atoms with Crippen LogP contribution in [0.1, 0.15) is 23.1 Å². The summed E-state index contributed by atoms with van der Waals surface area (Å²) in [7, 11) is 0. The number of aliphatic hydroxyl groups is 1. The Morgan fingerprint density at radius 3 is 2.42 bits per heavy atom. The van der Waals surface area contributed by atoms with Crippen LogP contribution in [-0.2, 0) is 0 Å². The summed E-state index contributed by atoms with van der Waals surface area (Å²) in [4.78, 5) is 0. The summed E-state index contributed by atoms with van der Waals surface area (Å²) in [6.07, 6.45) is -0.814. The van der Waals surface area contributed by atoms with Crippen molar-refractivity contribution in [1.82, 2.24) is 0 Å². The zero-order valence-corrected chi connectivity index (χ0v) is 11.0. The molecule has 0 amide bonds. The van der Waals surface area contributed by atoms with Crippen LogP contribution in [0, 0.1) is 5.82 Å². The molecule has 0 heterocycles. The molecule has 3 N–H and O–H groups in total. The van der Waals surface area contributed by atoms with Crippen LogP contribution in [0.4, 0.5) is 4.39 Å². The van der Waals surface area contributed by atoms with Gasteiger partial charge >= 0.3 is 0 Å². The molecule has 0 bridgehead atoms. The van der Waals surface area contributed by atoms with E-state index in [0.717, 1.165) is 0 Å². The Morgan fingerprint density at radius 1 is 1.11 bits per heavy atom. The van der Waals surface area contributed by atoms with Crippen molar-refractivity contribution in [2.75, 3.05) is 6.54 Å². The molecular formula is C15H15ClFNO. The van der Waals surface area contributed by atoms with E-state index in [1.807, 2.05) is 0 Å². The fourth-order valence-corrected chi connectivity index (χ4v) is 2.31. The Hall–Kier alpha value is -1.42. The predicted octanol–water partition coefficient (Wildman–Crippen LogP) is 3.26. The van der Waals surface area contributed by atoms with Gasteiger partial charge in [0, 0.05) is 17.5 Å². The second kappa shape index (κ2) is 6.15. The third-order valence-electron chi connectivity index (χ3n) is 3.10. The average molecular weight is 280 g/mol. The van der Waals surface area contributed by atoms with Crippen molar-refractivity contribution in [3.63, 3.8) is 0 Å². The first kappa shape index (κ1) is 14.0. The van der Waals surface area contributed by atoms with Crippen LogP contribution in [0.25, 0.3) is 0 Å². The molecule has 0 fully saturated rings. The summed E-state index contributed by atoms with van der Waals surface area (Å²) in [6, 6.07) is 13.1. The Kier molecular flexibility index (Phi) is 4.53. The SMILES string of the molecule is NCC(c1cccc(F)c1)C(O)c1cccc(Cl)c1. The van der Waals surface area contributed by atoms with Crippen LogP contribution >= 0.6 is 11.6 Å². The number of rotatable bonds is 4. The van der Waals surface area contributed by atoms with Crippen molar-refractivity contribution < 1.29 is 9.50 Å². The van der Waals surface area contributed by atoms with Gasteiger partial charge in [-0.15, -0.1) is 0 Å². The molecule has 2 atom stereocenters. The monoisotopic (exact) mass is 279 g/mol. The smallest absolute Gasteiger partial charge is 0.123 e. The molecule has 0 aliphatic rings. The molecule has 2 aromatic carbocycles. The first-order valence-corrected chi connectivity index (χ1v) is 6.38. The lowest BCUT2D eigenvalue weighted by molar-refractivity contribution is 0.147. The average Bonchev–Trinajstić information content (AvgIpc) is 2.39. The van der Waals surface area contributed by atoms with Gasteiger partial charge in [-0.3, -0.25) is 0 Å². The Balaban J connectivity index is 2.31. The highest BCUT2D eigenvalue weighted by molar-refractivity contribution is 6.30. The fourth-order valence-electron chi connectivity index (χ4n) is 2.11. The van der Waals surface area contributed by atoms with Crippen LogP contribution in [-0.4, -0.2) is 11.7 Å². The molecule has 0 spiro atoms. The Bertz CT molecular complexity index is 561. The van der Waals surface area contributed by atoms with Crippen molar-refractivity contribution >= 4 is 11.6 Å². The van der Waals surface area contributed by atoms with Crippen molar-refractivity contribution in [1.29, 1.82) is 0 Å². The molecule has 100 valence electrons. The van der Waals surface area contributed by atoms with E-state index in [2.05, 4.69) is 0 Å². The van der Waals surface area contributed by atoms with Crippen molar-refractivity contribution in [3.05, 3.63) is 70.5 Å². The maximum absolute atomic E-state index is 13.3. The Labute approximate surface area is 116 Å². The van der Waals surface area contributed by atoms with Gasteiger partial charge in [-0.1, -0.05) is 35.9 Å². The van der Waals surface area contributed by atoms with Gasteiger partial charge in [0.1, 0.15) is 5.82 Å². The van der Waals surface area contributed by atoms with Crippen molar-refractivity contribution in [2.45, 2.75) is 12.0 Å². The van der Waals surface area contributed by atoms with E-state index in [1.54, 1.807) is 36.4 Å². The molecular weight excluding hydrogens is 265 g/mol. The molecule has 0 saturated carbocycles. The van der Waals surface area contributed by atoms with E-state index in [1.165, 1.54) is 12.1 Å². The lowest BCUT2D eigenvalue weighted by Gasteiger charge is -2.22. The number of aliphatic hydroxyl groups excluding tert-OH is 1. The number of nitrogens with two attached hydrogens (primary N) is 1.